The maximum Gasteiger partial charge on any atom is 0.184 e. The zero-order valence-electron chi connectivity index (χ0n) is 8.49. The Kier molecular flexibility index (Phi) is 3.03. The fraction of sp³-hybridized carbons (Fsp3) is 0.300. The van der Waals surface area contributed by atoms with Gasteiger partial charge in [0.1, 0.15) is 5.75 Å². The van der Waals surface area contributed by atoms with Gasteiger partial charge in [0.15, 0.2) is 5.11 Å². The van der Waals surface area contributed by atoms with Gasteiger partial charge in [0.05, 0.1) is 20.3 Å². The van der Waals surface area contributed by atoms with Gasteiger partial charge in [-0.1, -0.05) is 18.2 Å². The summed E-state index contributed by atoms with van der Waals surface area (Å²) in [6.45, 7) is 1.39. The van der Waals surface area contributed by atoms with Gasteiger partial charge in [-0.15, -0.1) is 0 Å². The molecule has 1 heterocycles. The number of benzene rings is 1. The van der Waals surface area contributed by atoms with Crippen molar-refractivity contribution in [1.82, 2.24) is 15.8 Å². The molecule has 0 aromatic heterocycles. The van der Waals surface area contributed by atoms with Crippen LogP contribution in [0.5, 0.6) is 5.75 Å². The lowest BCUT2D eigenvalue weighted by atomic mass is 10.2. The van der Waals surface area contributed by atoms with Crippen molar-refractivity contribution >= 4 is 17.3 Å². The normalized spacial score (nSPS) is 15.3. The van der Waals surface area contributed by atoms with Crippen LogP contribution in [-0.4, -0.2) is 23.9 Å². The van der Waals surface area contributed by atoms with Gasteiger partial charge in [-0.25, -0.2) is 5.43 Å². The SMILES string of the molecule is COc1ccccc1CN1NCNC1=S. The standard InChI is InChI=1S/C10H13N3OS/c1-14-9-5-3-2-4-8(9)6-13-10(15)11-7-12-13/h2-5,12H,6-7H2,1H3,(H,11,15). The largest absolute Gasteiger partial charge is 0.496 e. The highest BCUT2D eigenvalue weighted by Crippen LogP contribution is 2.18. The minimum Gasteiger partial charge on any atom is -0.496 e. The number of nitrogens with zero attached hydrogens (tertiary/aromatic N) is 1. The van der Waals surface area contributed by atoms with Crippen LogP contribution in [0, 0.1) is 0 Å². The fourth-order valence-corrected chi connectivity index (χ4v) is 1.71. The van der Waals surface area contributed by atoms with Gasteiger partial charge in [0.2, 0.25) is 0 Å². The van der Waals surface area contributed by atoms with Crippen molar-refractivity contribution in [3.63, 3.8) is 0 Å². The van der Waals surface area contributed by atoms with Crippen molar-refractivity contribution < 1.29 is 4.74 Å². The highest BCUT2D eigenvalue weighted by Gasteiger charge is 2.16. The number of rotatable bonds is 3. The van der Waals surface area contributed by atoms with E-state index in [-0.39, 0.29) is 0 Å². The topological polar surface area (TPSA) is 36.5 Å². The van der Waals surface area contributed by atoms with E-state index in [0.29, 0.717) is 13.2 Å². The molecule has 0 saturated carbocycles. The average Bonchev–Trinajstić information content (AvgIpc) is 2.65. The quantitative estimate of drug-likeness (QED) is 0.743. The van der Waals surface area contributed by atoms with Crippen LogP contribution in [0.2, 0.25) is 0 Å². The summed E-state index contributed by atoms with van der Waals surface area (Å²) in [4.78, 5) is 0. The Morgan fingerprint density at radius 3 is 2.93 bits per heavy atom. The molecule has 1 aromatic carbocycles. The molecule has 2 rings (SSSR count). The number of hydrazine groups is 1. The number of hydrogen-bond donors (Lipinski definition) is 2. The fourth-order valence-electron chi connectivity index (χ4n) is 1.51. The Hall–Kier alpha value is -1.33. The molecule has 1 aromatic rings. The second-order valence-electron chi connectivity index (χ2n) is 3.21. The molecule has 0 radical (unpaired) electrons. The molecule has 1 saturated heterocycles. The van der Waals surface area contributed by atoms with Crippen LogP contribution in [0.1, 0.15) is 5.56 Å². The van der Waals surface area contributed by atoms with Crippen LogP contribution in [0.15, 0.2) is 24.3 Å². The third kappa shape index (κ3) is 2.19. The first kappa shape index (κ1) is 10.2. The van der Waals surface area contributed by atoms with E-state index >= 15 is 0 Å². The predicted octanol–water partition coefficient (Wildman–Crippen LogP) is 0.847. The molecule has 0 spiro atoms. The van der Waals surface area contributed by atoms with Crippen LogP contribution in [-0.2, 0) is 6.54 Å². The number of methoxy groups -OCH3 is 1. The van der Waals surface area contributed by atoms with E-state index in [0.717, 1.165) is 16.4 Å². The smallest absolute Gasteiger partial charge is 0.184 e. The van der Waals surface area contributed by atoms with E-state index in [2.05, 4.69) is 10.7 Å². The second-order valence-corrected chi connectivity index (χ2v) is 3.60. The molecule has 80 valence electrons. The van der Waals surface area contributed by atoms with Gasteiger partial charge >= 0.3 is 0 Å². The van der Waals surface area contributed by atoms with Gasteiger partial charge in [-0.2, -0.15) is 0 Å². The zero-order chi connectivity index (χ0) is 10.7. The molecular formula is C10H13N3OS. The number of para-hydroxylation sites is 1. The molecule has 0 aliphatic carbocycles. The molecule has 0 amide bonds. The summed E-state index contributed by atoms with van der Waals surface area (Å²) in [5, 5.41) is 5.65. The minimum atomic E-state index is 0.688. The molecule has 0 unspecified atom stereocenters. The van der Waals surface area contributed by atoms with E-state index in [1.54, 1.807) is 7.11 Å². The van der Waals surface area contributed by atoms with Crippen LogP contribution in [0.4, 0.5) is 0 Å². The van der Waals surface area contributed by atoms with Gasteiger partial charge in [0, 0.05) is 5.56 Å². The summed E-state index contributed by atoms with van der Waals surface area (Å²) in [7, 11) is 1.67. The minimum absolute atomic E-state index is 0.688. The third-order valence-electron chi connectivity index (χ3n) is 2.28. The molecular weight excluding hydrogens is 210 g/mol. The maximum atomic E-state index is 5.27. The van der Waals surface area contributed by atoms with Gasteiger partial charge < -0.3 is 10.1 Å². The molecule has 4 nitrogen and oxygen atoms in total. The number of nitrogens with one attached hydrogen (secondary N) is 2. The van der Waals surface area contributed by atoms with E-state index in [1.165, 1.54) is 0 Å². The lowest BCUT2D eigenvalue weighted by molar-refractivity contribution is 0.333. The summed E-state index contributed by atoms with van der Waals surface area (Å²) in [6.07, 6.45) is 0. The first-order chi connectivity index (χ1) is 7.31. The van der Waals surface area contributed by atoms with Crippen LogP contribution in [0.25, 0.3) is 0 Å². The van der Waals surface area contributed by atoms with Crippen molar-refractivity contribution in [3.05, 3.63) is 29.8 Å². The first-order valence-corrected chi connectivity index (χ1v) is 5.13. The number of hydrogen-bond acceptors (Lipinski definition) is 3. The van der Waals surface area contributed by atoms with E-state index in [4.69, 9.17) is 17.0 Å². The Balaban J connectivity index is 2.12. The molecule has 1 aliphatic heterocycles. The van der Waals surface area contributed by atoms with Crippen molar-refractivity contribution in [2.45, 2.75) is 6.54 Å². The number of thiocarbonyl (C=S) groups is 1. The van der Waals surface area contributed by atoms with E-state index < -0.39 is 0 Å². The van der Waals surface area contributed by atoms with Crippen LogP contribution in [0.3, 0.4) is 0 Å². The summed E-state index contributed by atoms with van der Waals surface area (Å²) in [5.74, 6) is 0.883. The zero-order valence-corrected chi connectivity index (χ0v) is 9.30. The Morgan fingerprint density at radius 1 is 1.47 bits per heavy atom. The monoisotopic (exact) mass is 223 g/mol. The highest BCUT2D eigenvalue weighted by atomic mass is 32.1. The molecule has 0 bridgehead atoms. The van der Waals surface area contributed by atoms with Crippen molar-refractivity contribution in [2.24, 2.45) is 0 Å². The molecule has 0 atom stereocenters. The summed E-state index contributed by atoms with van der Waals surface area (Å²) >= 11 is 5.13. The van der Waals surface area contributed by atoms with Crippen molar-refractivity contribution in [1.29, 1.82) is 0 Å². The van der Waals surface area contributed by atoms with E-state index in [9.17, 15) is 0 Å². The van der Waals surface area contributed by atoms with Gasteiger partial charge in [-0.3, -0.25) is 5.01 Å². The Bertz CT molecular complexity index is 369. The molecule has 5 heteroatoms. The third-order valence-corrected chi connectivity index (χ3v) is 2.64. The van der Waals surface area contributed by atoms with Crippen LogP contribution < -0.4 is 15.5 Å². The average molecular weight is 223 g/mol. The van der Waals surface area contributed by atoms with Crippen molar-refractivity contribution in [3.8, 4) is 5.75 Å². The Morgan fingerprint density at radius 2 is 2.27 bits per heavy atom. The summed E-state index contributed by atoms with van der Waals surface area (Å²) in [6, 6.07) is 7.92. The number of ether oxygens (including phenoxy) is 1. The molecule has 1 fully saturated rings. The van der Waals surface area contributed by atoms with Gasteiger partial charge in [-0.05, 0) is 18.3 Å². The summed E-state index contributed by atoms with van der Waals surface area (Å²) in [5.41, 5.74) is 4.24. The maximum absolute atomic E-state index is 5.27. The first-order valence-electron chi connectivity index (χ1n) is 4.72. The lowest BCUT2D eigenvalue weighted by Gasteiger charge is -2.17. The predicted molar refractivity (Wildman–Crippen MR) is 62.3 cm³/mol. The van der Waals surface area contributed by atoms with Crippen LogP contribution >= 0.6 is 12.2 Å². The van der Waals surface area contributed by atoms with Gasteiger partial charge in [0.25, 0.3) is 0 Å². The molecule has 15 heavy (non-hydrogen) atoms. The summed E-state index contributed by atoms with van der Waals surface area (Å²) < 4.78 is 5.27. The Labute approximate surface area is 94.2 Å². The molecule has 2 N–H and O–H groups in total. The lowest BCUT2D eigenvalue weighted by Crippen LogP contribution is -2.33. The van der Waals surface area contributed by atoms with Crippen molar-refractivity contribution in [2.75, 3.05) is 13.8 Å². The molecule has 1 aliphatic rings. The highest BCUT2D eigenvalue weighted by molar-refractivity contribution is 7.80. The van der Waals surface area contributed by atoms with E-state index in [1.807, 2.05) is 29.3 Å². The second kappa shape index (κ2) is 4.46.